The van der Waals surface area contributed by atoms with Gasteiger partial charge in [0, 0.05) is 11.6 Å². The van der Waals surface area contributed by atoms with Crippen molar-refractivity contribution in [1.29, 1.82) is 0 Å². The summed E-state index contributed by atoms with van der Waals surface area (Å²) in [7, 11) is 0. The highest BCUT2D eigenvalue weighted by atomic mass is 32.1. The molecule has 3 aromatic rings. The van der Waals surface area contributed by atoms with E-state index >= 15 is 0 Å². The molecule has 2 heterocycles. The van der Waals surface area contributed by atoms with Gasteiger partial charge in [0.05, 0.1) is 10.5 Å². The van der Waals surface area contributed by atoms with E-state index < -0.39 is 0 Å². The third kappa shape index (κ3) is 1.94. The van der Waals surface area contributed by atoms with Crippen LogP contribution in [0.3, 0.4) is 0 Å². The van der Waals surface area contributed by atoms with Gasteiger partial charge in [-0.05, 0) is 30.3 Å². The largest absolute Gasteiger partial charge is 0.446 e. The number of nitrogen functional groups attached to an aromatic ring is 1. The van der Waals surface area contributed by atoms with Crippen molar-refractivity contribution in [2.45, 2.75) is 0 Å². The Morgan fingerprint density at radius 3 is 2.76 bits per heavy atom. The van der Waals surface area contributed by atoms with E-state index in [4.69, 9.17) is 10.5 Å². The van der Waals surface area contributed by atoms with E-state index in [9.17, 15) is 0 Å². The van der Waals surface area contributed by atoms with E-state index in [2.05, 4.69) is 4.98 Å². The Hall–Kier alpha value is -2.07. The van der Waals surface area contributed by atoms with Crippen LogP contribution < -0.4 is 10.5 Å². The summed E-state index contributed by atoms with van der Waals surface area (Å²) < 4.78 is 5.81. The molecule has 0 atom stereocenters. The SMILES string of the molecule is Nc1ccc(Oc2ccnc3ccccc23)s1. The highest BCUT2D eigenvalue weighted by Crippen LogP contribution is 2.33. The fourth-order valence-corrected chi connectivity index (χ4v) is 2.29. The zero-order valence-corrected chi connectivity index (χ0v) is 9.78. The smallest absolute Gasteiger partial charge is 0.182 e. The van der Waals surface area contributed by atoms with Gasteiger partial charge in [0.1, 0.15) is 5.75 Å². The lowest BCUT2D eigenvalue weighted by Crippen LogP contribution is -1.85. The summed E-state index contributed by atoms with van der Waals surface area (Å²) in [6.07, 6.45) is 1.74. The number of hydrogen-bond donors (Lipinski definition) is 1. The molecule has 0 aliphatic rings. The zero-order chi connectivity index (χ0) is 11.7. The first-order valence-corrected chi connectivity index (χ1v) is 6.01. The van der Waals surface area contributed by atoms with Crippen molar-refractivity contribution < 1.29 is 4.74 Å². The molecule has 0 saturated heterocycles. The van der Waals surface area contributed by atoms with Crippen LogP contribution >= 0.6 is 11.3 Å². The Morgan fingerprint density at radius 1 is 1.06 bits per heavy atom. The summed E-state index contributed by atoms with van der Waals surface area (Å²) >= 11 is 1.43. The van der Waals surface area contributed by atoms with E-state index in [0.717, 1.165) is 26.7 Å². The zero-order valence-electron chi connectivity index (χ0n) is 8.96. The number of pyridine rings is 1. The van der Waals surface area contributed by atoms with Crippen molar-refractivity contribution in [3.8, 4) is 10.8 Å². The number of thiophene rings is 1. The summed E-state index contributed by atoms with van der Waals surface area (Å²) in [6, 6.07) is 13.5. The van der Waals surface area contributed by atoms with Crippen LogP contribution in [0.4, 0.5) is 5.00 Å². The van der Waals surface area contributed by atoms with E-state index in [1.807, 2.05) is 42.5 Å². The first-order valence-electron chi connectivity index (χ1n) is 5.20. The summed E-state index contributed by atoms with van der Waals surface area (Å²) in [5, 5.41) is 2.54. The number of ether oxygens (including phenoxy) is 1. The number of anilines is 1. The molecule has 3 rings (SSSR count). The Bertz CT molecular complexity index is 658. The molecule has 4 heteroatoms. The minimum absolute atomic E-state index is 0.748. The van der Waals surface area contributed by atoms with Gasteiger partial charge in [0.2, 0.25) is 0 Å². The van der Waals surface area contributed by atoms with Crippen LogP contribution in [0, 0.1) is 0 Å². The molecule has 1 aromatic carbocycles. The van der Waals surface area contributed by atoms with Gasteiger partial charge in [-0.15, -0.1) is 0 Å². The fraction of sp³-hybridized carbons (Fsp3) is 0. The van der Waals surface area contributed by atoms with Gasteiger partial charge in [-0.25, -0.2) is 0 Å². The van der Waals surface area contributed by atoms with E-state index in [1.165, 1.54) is 11.3 Å². The van der Waals surface area contributed by atoms with Gasteiger partial charge < -0.3 is 10.5 Å². The van der Waals surface area contributed by atoms with Crippen LogP contribution in [0.25, 0.3) is 10.9 Å². The van der Waals surface area contributed by atoms with Crippen LogP contribution in [0.5, 0.6) is 10.8 Å². The molecule has 3 nitrogen and oxygen atoms in total. The molecule has 0 saturated carbocycles. The average molecular weight is 242 g/mol. The molecular formula is C13H10N2OS. The molecule has 0 bridgehead atoms. The van der Waals surface area contributed by atoms with E-state index in [0.29, 0.717) is 0 Å². The molecule has 17 heavy (non-hydrogen) atoms. The van der Waals surface area contributed by atoms with Crippen LogP contribution in [-0.2, 0) is 0 Å². The predicted octanol–water partition coefficient (Wildman–Crippen LogP) is 3.67. The molecule has 2 N–H and O–H groups in total. The molecule has 84 valence electrons. The van der Waals surface area contributed by atoms with Gasteiger partial charge in [0.25, 0.3) is 0 Å². The second kappa shape index (κ2) is 4.07. The lowest BCUT2D eigenvalue weighted by atomic mass is 10.2. The Morgan fingerprint density at radius 2 is 1.94 bits per heavy atom. The lowest BCUT2D eigenvalue weighted by molar-refractivity contribution is 0.502. The number of hydrogen-bond acceptors (Lipinski definition) is 4. The van der Waals surface area contributed by atoms with Gasteiger partial charge in [-0.2, -0.15) is 0 Å². The lowest BCUT2D eigenvalue weighted by Gasteiger charge is -2.05. The van der Waals surface area contributed by atoms with Crippen molar-refractivity contribution in [2.75, 3.05) is 5.73 Å². The third-order valence-corrected chi connectivity index (χ3v) is 3.21. The average Bonchev–Trinajstić information content (AvgIpc) is 2.75. The van der Waals surface area contributed by atoms with Crippen molar-refractivity contribution in [1.82, 2.24) is 4.98 Å². The molecule has 0 radical (unpaired) electrons. The minimum Gasteiger partial charge on any atom is -0.446 e. The summed E-state index contributed by atoms with van der Waals surface area (Å²) in [5.41, 5.74) is 6.60. The Kier molecular flexibility index (Phi) is 2.42. The molecule has 0 unspecified atom stereocenters. The minimum atomic E-state index is 0.748. The van der Waals surface area contributed by atoms with Gasteiger partial charge in [-0.3, -0.25) is 4.98 Å². The second-order valence-corrected chi connectivity index (χ2v) is 4.66. The van der Waals surface area contributed by atoms with Crippen molar-refractivity contribution >= 4 is 27.2 Å². The number of aromatic nitrogens is 1. The molecule has 0 aliphatic carbocycles. The van der Waals surface area contributed by atoms with Crippen LogP contribution in [0.2, 0.25) is 0 Å². The Labute approximate surface area is 102 Å². The maximum Gasteiger partial charge on any atom is 0.182 e. The maximum absolute atomic E-state index is 5.81. The number of nitrogens with zero attached hydrogens (tertiary/aromatic N) is 1. The Balaban J connectivity index is 2.05. The predicted molar refractivity (Wildman–Crippen MR) is 70.5 cm³/mol. The highest BCUT2D eigenvalue weighted by Gasteiger charge is 2.05. The topological polar surface area (TPSA) is 48.1 Å². The van der Waals surface area contributed by atoms with E-state index in [-0.39, 0.29) is 0 Å². The number of rotatable bonds is 2. The van der Waals surface area contributed by atoms with Crippen molar-refractivity contribution in [2.24, 2.45) is 0 Å². The highest BCUT2D eigenvalue weighted by molar-refractivity contribution is 7.17. The molecular weight excluding hydrogens is 232 g/mol. The van der Waals surface area contributed by atoms with Crippen molar-refractivity contribution in [3.63, 3.8) is 0 Å². The molecule has 0 amide bonds. The first kappa shape index (κ1) is 10.1. The van der Waals surface area contributed by atoms with Crippen LogP contribution in [-0.4, -0.2) is 4.98 Å². The fourth-order valence-electron chi connectivity index (χ4n) is 1.66. The monoisotopic (exact) mass is 242 g/mol. The van der Waals surface area contributed by atoms with Gasteiger partial charge in [-0.1, -0.05) is 23.5 Å². The standard InChI is InChI=1S/C13H10N2OS/c14-12-5-6-13(17-12)16-11-7-8-15-10-4-2-1-3-9(10)11/h1-8H,14H2. The maximum atomic E-state index is 5.81. The van der Waals surface area contributed by atoms with Gasteiger partial charge in [0.15, 0.2) is 5.06 Å². The molecule has 2 aromatic heterocycles. The third-order valence-electron chi connectivity index (χ3n) is 2.42. The second-order valence-electron chi connectivity index (χ2n) is 3.59. The molecule has 0 spiro atoms. The van der Waals surface area contributed by atoms with Crippen LogP contribution in [0.1, 0.15) is 0 Å². The number of benzene rings is 1. The van der Waals surface area contributed by atoms with E-state index in [1.54, 1.807) is 6.20 Å². The number of para-hydroxylation sites is 1. The number of fused-ring (bicyclic) bond motifs is 1. The normalized spacial score (nSPS) is 10.6. The van der Waals surface area contributed by atoms with Crippen LogP contribution in [0.15, 0.2) is 48.7 Å². The summed E-state index contributed by atoms with van der Waals surface area (Å²) in [6.45, 7) is 0. The van der Waals surface area contributed by atoms with Gasteiger partial charge >= 0.3 is 0 Å². The molecule has 0 fully saturated rings. The summed E-state index contributed by atoms with van der Waals surface area (Å²) in [4.78, 5) is 4.29. The van der Waals surface area contributed by atoms with Crippen molar-refractivity contribution in [3.05, 3.63) is 48.7 Å². The number of nitrogens with two attached hydrogens (primary N) is 1. The first-order chi connectivity index (χ1) is 8.33. The molecule has 0 aliphatic heterocycles. The summed E-state index contributed by atoms with van der Waals surface area (Å²) in [5.74, 6) is 0.803. The quantitative estimate of drug-likeness (QED) is 0.745.